The van der Waals surface area contributed by atoms with Gasteiger partial charge in [-0.05, 0) is 35.2 Å². The van der Waals surface area contributed by atoms with Gasteiger partial charge in [-0.1, -0.05) is 32.9 Å². The number of aromatic nitrogens is 1. The second-order valence-corrected chi connectivity index (χ2v) is 5.39. The highest BCUT2D eigenvalue weighted by Crippen LogP contribution is 2.25. The standard InChI is InChI=1S/C15H19N3/c1-15(2,3)11-6-8-12(9-7-11)18-13-5-4-10-17-14(13)16/h4-10,18H,1-3H3,(H2,16,17). The molecule has 3 nitrogen and oxygen atoms in total. The highest BCUT2D eigenvalue weighted by atomic mass is 15.0. The lowest BCUT2D eigenvalue weighted by Crippen LogP contribution is -2.10. The molecule has 3 heteroatoms. The van der Waals surface area contributed by atoms with E-state index in [1.54, 1.807) is 6.20 Å². The zero-order valence-electron chi connectivity index (χ0n) is 11.1. The molecular weight excluding hydrogens is 222 g/mol. The van der Waals surface area contributed by atoms with Crippen LogP contribution < -0.4 is 11.1 Å². The van der Waals surface area contributed by atoms with Crippen molar-refractivity contribution in [3.63, 3.8) is 0 Å². The first kappa shape index (κ1) is 12.4. The normalized spacial score (nSPS) is 11.3. The number of pyridine rings is 1. The van der Waals surface area contributed by atoms with Crippen molar-refractivity contribution < 1.29 is 0 Å². The van der Waals surface area contributed by atoms with E-state index in [4.69, 9.17) is 5.73 Å². The average Bonchev–Trinajstić information content (AvgIpc) is 2.32. The van der Waals surface area contributed by atoms with E-state index < -0.39 is 0 Å². The lowest BCUT2D eigenvalue weighted by molar-refractivity contribution is 0.590. The maximum absolute atomic E-state index is 5.79. The van der Waals surface area contributed by atoms with Crippen LogP contribution in [-0.2, 0) is 5.41 Å². The third-order valence-electron chi connectivity index (χ3n) is 2.87. The molecule has 0 fully saturated rings. The number of hydrogen-bond acceptors (Lipinski definition) is 3. The van der Waals surface area contributed by atoms with Crippen LogP contribution in [0, 0.1) is 0 Å². The molecule has 94 valence electrons. The summed E-state index contributed by atoms with van der Waals surface area (Å²) < 4.78 is 0. The second-order valence-electron chi connectivity index (χ2n) is 5.39. The maximum atomic E-state index is 5.79. The molecule has 1 aromatic heterocycles. The van der Waals surface area contributed by atoms with Gasteiger partial charge in [0.15, 0.2) is 0 Å². The summed E-state index contributed by atoms with van der Waals surface area (Å²) in [6.07, 6.45) is 1.68. The topological polar surface area (TPSA) is 50.9 Å². The molecule has 18 heavy (non-hydrogen) atoms. The molecule has 0 radical (unpaired) electrons. The van der Waals surface area contributed by atoms with Gasteiger partial charge >= 0.3 is 0 Å². The number of nitrogens with one attached hydrogen (secondary N) is 1. The Hall–Kier alpha value is -2.03. The largest absolute Gasteiger partial charge is 0.382 e. The zero-order valence-corrected chi connectivity index (χ0v) is 11.1. The quantitative estimate of drug-likeness (QED) is 0.842. The molecule has 0 aliphatic carbocycles. The number of nitrogens with two attached hydrogens (primary N) is 1. The van der Waals surface area contributed by atoms with Crippen LogP contribution in [0.3, 0.4) is 0 Å². The fourth-order valence-electron chi connectivity index (χ4n) is 1.73. The minimum atomic E-state index is 0.172. The van der Waals surface area contributed by atoms with Gasteiger partial charge in [0, 0.05) is 11.9 Å². The van der Waals surface area contributed by atoms with Gasteiger partial charge in [0.05, 0.1) is 5.69 Å². The van der Waals surface area contributed by atoms with Crippen molar-refractivity contribution in [3.05, 3.63) is 48.2 Å². The molecule has 0 unspecified atom stereocenters. The summed E-state index contributed by atoms with van der Waals surface area (Å²) in [6, 6.07) is 12.2. The summed E-state index contributed by atoms with van der Waals surface area (Å²) in [5.41, 5.74) is 9.13. The molecule has 2 rings (SSSR count). The Morgan fingerprint density at radius 2 is 1.72 bits per heavy atom. The molecule has 2 aromatic rings. The van der Waals surface area contributed by atoms with Gasteiger partial charge in [0.25, 0.3) is 0 Å². The SMILES string of the molecule is CC(C)(C)c1ccc(Nc2cccnc2N)cc1. The van der Waals surface area contributed by atoms with Crippen molar-refractivity contribution >= 4 is 17.2 Å². The van der Waals surface area contributed by atoms with Crippen LogP contribution in [0.4, 0.5) is 17.2 Å². The fourth-order valence-corrected chi connectivity index (χ4v) is 1.73. The van der Waals surface area contributed by atoms with Gasteiger partial charge in [-0.25, -0.2) is 4.98 Å². The molecule has 0 spiro atoms. The van der Waals surface area contributed by atoms with E-state index in [2.05, 4.69) is 55.3 Å². The van der Waals surface area contributed by atoms with E-state index in [0.29, 0.717) is 5.82 Å². The number of hydrogen-bond donors (Lipinski definition) is 2. The van der Waals surface area contributed by atoms with Gasteiger partial charge in [0.2, 0.25) is 0 Å². The molecule has 3 N–H and O–H groups in total. The summed E-state index contributed by atoms with van der Waals surface area (Å²) in [5, 5.41) is 3.26. The molecule has 1 aromatic carbocycles. The fraction of sp³-hybridized carbons (Fsp3) is 0.267. The van der Waals surface area contributed by atoms with E-state index in [1.165, 1.54) is 5.56 Å². The van der Waals surface area contributed by atoms with E-state index in [0.717, 1.165) is 11.4 Å². The van der Waals surface area contributed by atoms with Gasteiger partial charge in [-0.15, -0.1) is 0 Å². The molecule has 0 bridgehead atoms. The van der Waals surface area contributed by atoms with E-state index >= 15 is 0 Å². The van der Waals surface area contributed by atoms with Crippen molar-refractivity contribution in [2.24, 2.45) is 0 Å². The first-order valence-corrected chi connectivity index (χ1v) is 6.05. The van der Waals surface area contributed by atoms with Crippen LogP contribution in [0.5, 0.6) is 0 Å². The summed E-state index contributed by atoms with van der Waals surface area (Å²) in [6.45, 7) is 6.61. The van der Waals surface area contributed by atoms with Gasteiger partial charge < -0.3 is 11.1 Å². The zero-order chi connectivity index (χ0) is 13.2. The minimum Gasteiger partial charge on any atom is -0.382 e. The Bertz CT molecular complexity index is 524. The Morgan fingerprint density at radius 1 is 1.06 bits per heavy atom. The minimum absolute atomic E-state index is 0.172. The van der Waals surface area contributed by atoms with E-state index in [9.17, 15) is 0 Å². The summed E-state index contributed by atoms with van der Waals surface area (Å²) >= 11 is 0. The first-order valence-electron chi connectivity index (χ1n) is 6.05. The molecule has 0 aliphatic heterocycles. The number of anilines is 3. The molecular formula is C15H19N3. The average molecular weight is 241 g/mol. The maximum Gasteiger partial charge on any atom is 0.147 e. The monoisotopic (exact) mass is 241 g/mol. The van der Waals surface area contributed by atoms with Crippen molar-refractivity contribution in [1.29, 1.82) is 0 Å². The molecule has 0 saturated carbocycles. The Kier molecular flexibility index (Phi) is 3.24. The van der Waals surface area contributed by atoms with Gasteiger partial charge in [0.1, 0.15) is 5.82 Å². The van der Waals surface area contributed by atoms with Crippen LogP contribution >= 0.6 is 0 Å². The Morgan fingerprint density at radius 3 is 2.28 bits per heavy atom. The third-order valence-corrected chi connectivity index (χ3v) is 2.87. The highest BCUT2D eigenvalue weighted by Gasteiger charge is 2.12. The summed E-state index contributed by atoms with van der Waals surface area (Å²) in [5.74, 6) is 0.511. The van der Waals surface area contributed by atoms with E-state index in [1.807, 2.05) is 12.1 Å². The predicted octanol–water partition coefficient (Wildman–Crippen LogP) is 3.70. The Labute approximate surface area is 108 Å². The van der Waals surface area contributed by atoms with Crippen LogP contribution in [0.1, 0.15) is 26.3 Å². The van der Waals surface area contributed by atoms with Crippen molar-refractivity contribution in [2.45, 2.75) is 26.2 Å². The number of nitrogen functional groups attached to an aromatic ring is 1. The predicted molar refractivity (Wildman–Crippen MR) is 77.1 cm³/mol. The molecule has 1 heterocycles. The summed E-state index contributed by atoms with van der Waals surface area (Å²) in [7, 11) is 0. The highest BCUT2D eigenvalue weighted by molar-refractivity contribution is 5.69. The molecule has 0 atom stereocenters. The van der Waals surface area contributed by atoms with Crippen molar-refractivity contribution in [3.8, 4) is 0 Å². The smallest absolute Gasteiger partial charge is 0.147 e. The van der Waals surface area contributed by atoms with Crippen LogP contribution in [-0.4, -0.2) is 4.98 Å². The molecule has 0 amide bonds. The Balaban J connectivity index is 2.19. The number of rotatable bonds is 2. The summed E-state index contributed by atoms with van der Waals surface area (Å²) in [4.78, 5) is 4.05. The lowest BCUT2D eigenvalue weighted by Gasteiger charge is -2.19. The van der Waals surface area contributed by atoms with Gasteiger partial charge in [-0.3, -0.25) is 0 Å². The van der Waals surface area contributed by atoms with Crippen molar-refractivity contribution in [2.75, 3.05) is 11.1 Å². The number of benzene rings is 1. The second kappa shape index (κ2) is 4.69. The molecule has 0 saturated heterocycles. The van der Waals surface area contributed by atoms with Gasteiger partial charge in [-0.2, -0.15) is 0 Å². The van der Waals surface area contributed by atoms with Crippen LogP contribution in [0.15, 0.2) is 42.6 Å². The van der Waals surface area contributed by atoms with Crippen LogP contribution in [0.25, 0.3) is 0 Å². The number of nitrogens with zero attached hydrogens (tertiary/aromatic N) is 1. The molecule has 0 aliphatic rings. The van der Waals surface area contributed by atoms with E-state index in [-0.39, 0.29) is 5.41 Å². The third kappa shape index (κ3) is 2.80. The lowest BCUT2D eigenvalue weighted by atomic mass is 9.87. The first-order chi connectivity index (χ1) is 8.47. The van der Waals surface area contributed by atoms with Crippen molar-refractivity contribution in [1.82, 2.24) is 4.98 Å². The van der Waals surface area contributed by atoms with Crippen LogP contribution in [0.2, 0.25) is 0 Å².